The van der Waals surface area contributed by atoms with Gasteiger partial charge < -0.3 is 14.7 Å². The monoisotopic (exact) mass is 311 g/mol. The Kier molecular flexibility index (Phi) is 4.28. The van der Waals surface area contributed by atoms with Gasteiger partial charge in [0.1, 0.15) is 6.61 Å². The normalized spacial score (nSPS) is 16.5. The molecule has 2 aromatic carbocycles. The van der Waals surface area contributed by atoms with Crippen LogP contribution in [0.25, 0.3) is 0 Å². The minimum Gasteiger partial charge on any atom is -0.481 e. The summed E-state index contributed by atoms with van der Waals surface area (Å²) < 4.78 is 5.30. The number of carbonyl (C=O) groups is 2. The minimum absolute atomic E-state index is 0.125. The van der Waals surface area contributed by atoms with E-state index in [1.807, 2.05) is 48.5 Å². The molecule has 0 saturated heterocycles. The lowest BCUT2D eigenvalue weighted by molar-refractivity contribution is -0.139. The number of rotatable bonds is 3. The Morgan fingerprint density at radius 1 is 1.09 bits per heavy atom. The van der Waals surface area contributed by atoms with Gasteiger partial charge in [0.25, 0.3) is 0 Å². The zero-order valence-corrected chi connectivity index (χ0v) is 12.5. The molecular weight excluding hydrogens is 294 g/mol. The maximum atomic E-state index is 12.3. The second kappa shape index (κ2) is 6.52. The molecule has 1 aliphatic heterocycles. The van der Waals surface area contributed by atoms with Crippen LogP contribution in [0.2, 0.25) is 0 Å². The summed E-state index contributed by atoms with van der Waals surface area (Å²) in [5.41, 5.74) is 2.52. The summed E-state index contributed by atoms with van der Waals surface area (Å²) in [6, 6.07) is 16.7. The molecule has 1 atom stereocenters. The molecule has 0 unspecified atom stereocenters. The summed E-state index contributed by atoms with van der Waals surface area (Å²) >= 11 is 0. The van der Waals surface area contributed by atoms with Crippen LogP contribution in [-0.2, 0) is 22.7 Å². The van der Waals surface area contributed by atoms with E-state index < -0.39 is 18.0 Å². The molecule has 0 aromatic heterocycles. The second-order valence-electron chi connectivity index (χ2n) is 5.51. The third-order valence-corrected chi connectivity index (χ3v) is 3.96. The zero-order valence-electron chi connectivity index (χ0n) is 12.5. The fraction of sp³-hybridized carbons (Fsp3) is 0.222. The molecule has 23 heavy (non-hydrogen) atoms. The van der Waals surface area contributed by atoms with Crippen LogP contribution in [0, 0.1) is 0 Å². The molecule has 5 nitrogen and oxygen atoms in total. The average molecular weight is 311 g/mol. The van der Waals surface area contributed by atoms with Crippen LogP contribution in [-0.4, -0.2) is 28.6 Å². The van der Waals surface area contributed by atoms with Crippen LogP contribution in [0.4, 0.5) is 4.79 Å². The number of carboxylic acids is 1. The first-order valence-electron chi connectivity index (χ1n) is 7.41. The number of fused-ring (bicyclic) bond motifs is 1. The summed E-state index contributed by atoms with van der Waals surface area (Å²) in [6.45, 7) is 0.670. The van der Waals surface area contributed by atoms with Crippen LogP contribution < -0.4 is 0 Å². The van der Waals surface area contributed by atoms with Crippen molar-refractivity contribution in [2.45, 2.75) is 19.1 Å². The SMILES string of the molecule is O=C(O)[C@@H]1CN(C(=O)OCc2ccccc2)Cc2ccccc21. The van der Waals surface area contributed by atoms with E-state index in [4.69, 9.17) is 4.74 Å². The Hall–Kier alpha value is -2.82. The van der Waals surface area contributed by atoms with Gasteiger partial charge in [-0.1, -0.05) is 54.6 Å². The van der Waals surface area contributed by atoms with Crippen molar-refractivity contribution >= 4 is 12.1 Å². The summed E-state index contributed by atoms with van der Waals surface area (Å²) in [5.74, 6) is -1.65. The second-order valence-corrected chi connectivity index (χ2v) is 5.51. The van der Waals surface area contributed by atoms with Gasteiger partial charge in [-0.25, -0.2) is 4.79 Å². The zero-order chi connectivity index (χ0) is 16.2. The molecule has 0 fully saturated rings. The molecule has 0 saturated carbocycles. The van der Waals surface area contributed by atoms with Crippen molar-refractivity contribution in [1.82, 2.24) is 4.90 Å². The number of hydrogen-bond acceptors (Lipinski definition) is 3. The predicted octanol–water partition coefficient (Wildman–Crippen LogP) is 3.01. The predicted molar refractivity (Wildman–Crippen MR) is 83.9 cm³/mol. The van der Waals surface area contributed by atoms with Gasteiger partial charge >= 0.3 is 12.1 Å². The molecule has 3 rings (SSSR count). The highest BCUT2D eigenvalue weighted by Crippen LogP contribution is 2.28. The van der Waals surface area contributed by atoms with Crippen molar-refractivity contribution in [3.63, 3.8) is 0 Å². The number of carboxylic acid groups (broad SMARTS) is 1. The van der Waals surface area contributed by atoms with Gasteiger partial charge in [-0.3, -0.25) is 4.79 Å². The highest BCUT2D eigenvalue weighted by atomic mass is 16.6. The van der Waals surface area contributed by atoms with E-state index in [1.54, 1.807) is 6.07 Å². The number of hydrogen-bond donors (Lipinski definition) is 1. The molecule has 118 valence electrons. The smallest absolute Gasteiger partial charge is 0.410 e. The number of ether oxygens (including phenoxy) is 1. The Labute approximate surface area is 134 Å². The maximum Gasteiger partial charge on any atom is 0.410 e. The number of benzene rings is 2. The van der Waals surface area contributed by atoms with Crippen LogP contribution >= 0.6 is 0 Å². The topological polar surface area (TPSA) is 66.8 Å². The fourth-order valence-electron chi connectivity index (χ4n) is 2.77. The Balaban J connectivity index is 1.71. The van der Waals surface area contributed by atoms with E-state index in [2.05, 4.69) is 0 Å². The van der Waals surface area contributed by atoms with E-state index in [0.29, 0.717) is 6.54 Å². The molecule has 2 aromatic rings. The summed E-state index contributed by atoms with van der Waals surface area (Å²) in [5, 5.41) is 9.41. The standard InChI is InChI=1S/C18H17NO4/c20-17(21)16-11-19(10-14-8-4-5-9-15(14)16)18(22)23-12-13-6-2-1-3-7-13/h1-9,16H,10-12H2,(H,20,21)/t16-/m1/s1. The van der Waals surface area contributed by atoms with E-state index in [-0.39, 0.29) is 13.2 Å². The lowest BCUT2D eigenvalue weighted by Gasteiger charge is -2.32. The van der Waals surface area contributed by atoms with E-state index in [9.17, 15) is 14.7 Å². The van der Waals surface area contributed by atoms with Gasteiger partial charge in [0, 0.05) is 13.1 Å². The Morgan fingerprint density at radius 2 is 1.78 bits per heavy atom. The molecule has 0 bridgehead atoms. The summed E-state index contributed by atoms with van der Waals surface area (Å²) in [6.07, 6.45) is -0.491. The van der Waals surface area contributed by atoms with Crippen molar-refractivity contribution in [3.05, 3.63) is 71.3 Å². The van der Waals surface area contributed by atoms with Crippen LogP contribution in [0.1, 0.15) is 22.6 Å². The number of nitrogens with zero attached hydrogens (tertiary/aromatic N) is 1. The van der Waals surface area contributed by atoms with Crippen LogP contribution in [0.3, 0.4) is 0 Å². The van der Waals surface area contributed by atoms with E-state index >= 15 is 0 Å². The first-order chi connectivity index (χ1) is 11.1. The molecule has 0 aliphatic carbocycles. The van der Waals surface area contributed by atoms with E-state index in [1.165, 1.54) is 4.90 Å². The lowest BCUT2D eigenvalue weighted by Crippen LogP contribution is -2.40. The van der Waals surface area contributed by atoms with Gasteiger partial charge in [-0.15, -0.1) is 0 Å². The first kappa shape index (κ1) is 15.1. The highest BCUT2D eigenvalue weighted by Gasteiger charge is 2.32. The molecule has 1 heterocycles. The molecular formula is C18H17NO4. The first-order valence-corrected chi connectivity index (χ1v) is 7.41. The summed E-state index contributed by atoms with van der Waals surface area (Å²) in [4.78, 5) is 25.2. The van der Waals surface area contributed by atoms with Crippen molar-refractivity contribution < 1.29 is 19.4 Å². The Morgan fingerprint density at radius 3 is 2.52 bits per heavy atom. The van der Waals surface area contributed by atoms with Gasteiger partial charge in [0.05, 0.1) is 5.92 Å². The van der Waals surface area contributed by atoms with Crippen molar-refractivity contribution in [1.29, 1.82) is 0 Å². The third kappa shape index (κ3) is 3.34. The average Bonchev–Trinajstić information content (AvgIpc) is 2.59. The maximum absolute atomic E-state index is 12.3. The van der Waals surface area contributed by atoms with Gasteiger partial charge in [0.2, 0.25) is 0 Å². The van der Waals surface area contributed by atoms with E-state index in [0.717, 1.165) is 16.7 Å². The molecule has 1 N–H and O–H groups in total. The quantitative estimate of drug-likeness (QED) is 0.946. The minimum atomic E-state index is -0.932. The van der Waals surface area contributed by atoms with Gasteiger partial charge in [0.15, 0.2) is 0 Å². The lowest BCUT2D eigenvalue weighted by atomic mass is 9.90. The number of aliphatic carboxylic acids is 1. The van der Waals surface area contributed by atoms with Crippen molar-refractivity contribution in [2.75, 3.05) is 6.54 Å². The molecule has 0 spiro atoms. The molecule has 1 amide bonds. The molecule has 0 radical (unpaired) electrons. The van der Waals surface area contributed by atoms with Gasteiger partial charge in [-0.2, -0.15) is 0 Å². The van der Waals surface area contributed by atoms with Crippen molar-refractivity contribution in [2.24, 2.45) is 0 Å². The van der Waals surface area contributed by atoms with Crippen LogP contribution in [0.5, 0.6) is 0 Å². The largest absolute Gasteiger partial charge is 0.481 e. The third-order valence-electron chi connectivity index (χ3n) is 3.96. The molecule has 5 heteroatoms. The number of amides is 1. The van der Waals surface area contributed by atoms with Gasteiger partial charge in [-0.05, 0) is 16.7 Å². The Bertz CT molecular complexity index is 714. The van der Waals surface area contributed by atoms with Crippen LogP contribution in [0.15, 0.2) is 54.6 Å². The summed E-state index contributed by atoms with van der Waals surface area (Å²) in [7, 11) is 0. The number of carbonyl (C=O) groups excluding carboxylic acids is 1. The van der Waals surface area contributed by atoms with Crippen molar-refractivity contribution in [3.8, 4) is 0 Å². The fourth-order valence-corrected chi connectivity index (χ4v) is 2.77. The highest BCUT2D eigenvalue weighted by molar-refractivity contribution is 5.79. The molecule has 1 aliphatic rings.